The summed E-state index contributed by atoms with van der Waals surface area (Å²) in [5, 5.41) is 12.7. The first-order valence-electron chi connectivity index (χ1n) is 6.46. The van der Waals surface area contributed by atoms with E-state index in [9.17, 15) is 0 Å². The molecule has 0 spiro atoms. The minimum Gasteiger partial charge on any atom is -0.459 e. The van der Waals surface area contributed by atoms with Crippen molar-refractivity contribution in [2.24, 2.45) is 0 Å². The monoisotopic (exact) mass is 337 g/mol. The van der Waals surface area contributed by atoms with Gasteiger partial charge in [0, 0.05) is 11.1 Å². The molecule has 1 atom stereocenters. The lowest BCUT2D eigenvalue weighted by Gasteiger charge is -2.11. The summed E-state index contributed by atoms with van der Waals surface area (Å²) in [5.41, 5.74) is 0.929. The smallest absolute Gasteiger partial charge is 0.175 e. The van der Waals surface area contributed by atoms with Crippen LogP contribution in [0.5, 0.6) is 0 Å². The Morgan fingerprint density at radius 3 is 2.81 bits per heavy atom. The first-order valence-corrected chi connectivity index (χ1v) is 9.49. The van der Waals surface area contributed by atoms with Crippen LogP contribution in [-0.4, -0.2) is 29.3 Å². The van der Waals surface area contributed by atoms with E-state index in [-0.39, 0.29) is 6.04 Å². The van der Waals surface area contributed by atoms with E-state index in [4.69, 9.17) is 4.42 Å². The van der Waals surface area contributed by atoms with Gasteiger partial charge in [0.15, 0.2) is 8.68 Å². The summed E-state index contributed by atoms with van der Waals surface area (Å²) in [7, 11) is 1.95. The van der Waals surface area contributed by atoms with Crippen LogP contribution < -0.4 is 5.32 Å². The number of para-hydroxylation sites is 1. The average Bonchev–Trinajstić information content (AvgIpc) is 3.14. The molecule has 21 heavy (non-hydrogen) atoms. The number of furan rings is 1. The van der Waals surface area contributed by atoms with Crippen LogP contribution in [0.1, 0.15) is 11.8 Å². The summed E-state index contributed by atoms with van der Waals surface area (Å²) in [4.78, 5) is 0. The fraction of sp³-hybridized carbons (Fsp3) is 0.286. The van der Waals surface area contributed by atoms with Crippen LogP contribution in [0, 0.1) is 0 Å². The van der Waals surface area contributed by atoms with Crippen LogP contribution in [0.3, 0.4) is 0 Å². The van der Waals surface area contributed by atoms with Gasteiger partial charge in [0.1, 0.15) is 11.3 Å². The molecule has 3 rings (SSSR count). The van der Waals surface area contributed by atoms with Gasteiger partial charge in [-0.05, 0) is 25.4 Å². The molecule has 3 aromatic rings. The summed E-state index contributed by atoms with van der Waals surface area (Å²) >= 11 is 4.96. The molecule has 0 radical (unpaired) electrons. The fourth-order valence-electron chi connectivity index (χ4n) is 1.97. The molecule has 4 nitrogen and oxygen atoms in total. The number of thioether (sulfide) groups is 2. The van der Waals surface area contributed by atoms with Gasteiger partial charge < -0.3 is 9.73 Å². The lowest BCUT2D eigenvalue weighted by atomic mass is 10.2. The predicted octanol–water partition coefficient (Wildman–Crippen LogP) is 4.06. The van der Waals surface area contributed by atoms with Gasteiger partial charge >= 0.3 is 0 Å². The van der Waals surface area contributed by atoms with Gasteiger partial charge in [-0.1, -0.05) is 53.1 Å². The molecule has 0 fully saturated rings. The lowest BCUT2D eigenvalue weighted by molar-refractivity contribution is 0.479. The van der Waals surface area contributed by atoms with Crippen LogP contribution in [0.4, 0.5) is 0 Å². The maximum Gasteiger partial charge on any atom is 0.175 e. The van der Waals surface area contributed by atoms with E-state index >= 15 is 0 Å². The molecule has 2 heterocycles. The molecule has 0 bridgehead atoms. The van der Waals surface area contributed by atoms with Gasteiger partial charge in [0.2, 0.25) is 0 Å². The van der Waals surface area contributed by atoms with Gasteiger partial charge in [0.05, 0.1) is 6.04 Å². The summed E-state index contributed by atoms with van der Waals surface area (Å²) in [6.07, 6.45) is 2.01. The SMILES string of the molecule is CNC(CSc1nnc(SC)s1)c1cc2ccccc2o1. The second-order valence-electron chi connectivity index (χ2n) is 4.38. The Morgan fingerprint density at radius 2 is 2.10 bits per heavy atom. The molecule has 0 amide bonds. The molecule has 2 aromatic heterocycles. The lowest BCUT2D eigenvalue weighted by Crippen LogP contribution is -2.17. The van der Waals surface area contributed by atoms with Crippen molar-refractivity contribution in [3.8, 4) is 0 Å². The largest absolute Gasteiger partial charge is 0.459 e. The van der Waals surface area contributed by atoms with Crippen molar-refractivity contribution >= 4 is 45.8 Å². The molecule has 0 aliphatic carbocycles. The van der Waals surface area contributed by atoms with E-state index in [1.54, 1.807) is 34.9 Å². The Bertz CT molecular complexity index is 692. The Kier molecular flexibility index (Phi) is 4.84. The number of hydrogen-bond acceptors (Lipinski definition) is 7. The first-order chi connectivity index (χ1) is 10.3. The highest BCUT2D eigenvalue weighted by molar-refractivity contribution is 8.02. The number of nitrogens with one attached hydrogen (secondary N) is 1. The van der Waals surface area contributed by atoms with Crippen LogP contribution in [0.25, 0.3) is 11.0 Å². The van der Waals surface area contributed by atoms with E-state index in [0.29, 0.717) is 0 Å². The third-order valence-corrected chi connectivity index (χ3v) is 6.20. The quantitative estimate of drug-likeness (QED) is 0.685. The molecule has 0 aliphatic heterocycles. The van der Waals surface area contributed by atoms with Crippen molar-refractivity contribution in [3.63, 3.8) is 0 Å². The van der Waals surface area contributed by atoms with Crippen molar-refractivity contribution in [1.82, 2.24) is 15.5 Å². The number of nitrogens with zero attached hydrogens (tertiary/aromatic N) is 2. The van der Waals surface area contributed by atoms with Gasteiger partial charge in [-0.2, -0.15) is 0 Å². The van der Waals surface area contributed by atoms with Crippen LogP contribution in [0.15, 0.2) is 43.4 Å². The Hall–Kier alpha value is -1.02. The van der Waals surface area contributed by atoms with Crippen molar-refractivity contribution in [3.05, 3.63) is 36.1 Å². The van der Waals surface area contributed by atoms with Crippen molar-refractivity contribution in [2.75, 3.05) is 19.1 Å². The molecule has 7 heteroatoms. The van der Waals surface area contributed by atoms with Crippen molar-refractivity contribution < 1.29 is 4.42 Å². The maximum absolute atomic E-state index is 5.92. The maximum atomic E-state index is 5.92. The van der Waals surface area contributed by atoms with Gasteiger partial charge in [-0.3, -0.25) is 0 Å². The minimum absolute atomic E-state index is 0.157. The Balaban J connectivity index is 1.72. The summed E-state index contributed by atoms with van der Waals surface area (Å²) < 4.78 is 7.92. The molecule has 0 saturated carbocycles. The van der Waals surface area contributed by atoms with Gasteiger partial charge in [0.25, 0.3) is 0 Å². The zero-order chi connectivity index (χ0) is 14.7. The zero-order valence-electron chi connectivity index (χ0n) is 11.7. The molecular formula is C14H15N3OS3. The van der Waals surface area contributed by atoms with E-state index < -0.39 is 0 Å². The third kappa shape index (κ3) is 3.42. The third-order valence-electron chi connectivity index (χ3n) is 3.07. The average molecular weight is 337 g/mol. The van der Waals surface area contributed by atoms with Crippen LogP contribution in [0.2, 0.25) is 0 Å². The topological polar surface area (TPSA) is 51.0 Å². The zero-order valence-corrected chi connectivity index (χ0v) is 14.1. The number of aromatic nitrogens is 2. The normalized spacial score (nSPS) is 12.9. The first kappa shape index (κ1) is 14.9. The number of rotatable bonds is 6. The van der Waals surface area contributed by atoms with Gasteiger partial charge in [-0.25, -0.2) is 0 Å². The molecule has 1 N–H and O–H groups in total. The van der Waals surface area contributed by atoms with E-state index in [1.165, 1.54) is 0 Å². The molecule has 110 valence electrons. The summed E-state index contributed by atoms with van der Waals surface area (Å²) in [5.74, 6) is 1.82. The number of benzene rings is 1. The predicted molar refractivity (Wildman–Crippen MR) is 90.4 cm³/mol. The highest BCUT2D eigenvalue weighted by Gasteiger charge is 2.16. The fourth-order valence-corrected chi connectivity index (χ4v) is 4.55. The molecular weight excluding hydrogens is 322 g/mol. The van der Waals surface area contributed by atoms with Crippen LogP contribution >= 0.6 is 34.9 Å². The van der Waals surface area contributed by atoms with Crippen molar-refractivity contribution in [1.29, 1.82) is 0 Å². The molecule has 1 unspecified atom stereocenters. The summed E-state index contributed by atoms with van der Waals surface area (Å²) in [6.45, 7) is 0. The molecule has 0 saturated heterocycles. The molecule has 0 aliphatic rings. The highest BCUT2D eigenvalue weighted by Crippen LogP contribution is 2.31. The highest BCUT2D eigenvalue weighted by atomic mass is 32.2. The Morgan fingerprint density at radius 1 is 1.29 bits per heavy atom. The Labute approximate surface area is 135 Å². The van der Waals surface area contributed by atoms with Crippen molar-refractivity contribution in [2.45, 2.75) is 14.7 Å². The number of hydrogen-bond donors (Lipinski definition) is 1. The van der Waals surface area contributed by atoms with E-state index in [0.717, 1.165) is 31.2 Å². The molecule has 1 aromatic carbocycles. The van der Waals surface area contributed by atoms with E-state index in [2.05, 4.69) is 27.6 Å². The van der Waals surface area contributed by atoms with E-state index in [1.807, 2.05) is 31.5 Å². The second-order valence-corrected chi connectivity index (χ2v) is 7.67. The standard InChI is InChI=1S/C14H15N3OS3/c1-15-10(8-20-14-17-16-13(19-2)21-14)12-7-9-5-3-4-6-11(9)18-12/h3-7,10,15H,8H2,1-2H3. The summed E-state index contributed by atoms with van der Waals surface area (Å²) in [6, 6.07) is 10.3. The second kappa shape index (κ2) is 6.83. The van der Waals surface area contributed by atoms with Crippen LogP contribution in [-0.2, 0) is 0 Å². The number of fused-ring (bicyclic) bond motifs is 1. The van der Waals surface area contributed by atoms with Gasteiger partial charge in [-0.15, -0.1) is 10.2 Å². The minimum atomic E-state index is 0.157.